The topological polar surface area (TPSA) is 53.1 Å². The highest BCUT2D eigenvalue weighted by Gasteiger charge is 2.10. The Balaban J connectivity index is 1.68. The van der Waals surface area contributed by atoms with Crippen LogP contribution in [0, 0.1) is 19.3 Å². The van der Waals surface area contributed by atoms with Crippen molar-refractivity contribution in [3.63, 3.8) is 0 Å². The van der Waals surface area contributed by atoms with Crippen molar-refractivity contribution in [1.29, 1.82) is 0 Å². The molecule has 0 amide bonds. The Hall–Kier alpha value is -2.74. The first-order chi connectivity index (χ1) is 11.8. The van der Waals surface area contributed by atoms with Gasteiger partial charge in [-0.25, -0.2) is 4.98 Å². The highest BCUT2D eigenvalue weighted by molar-refractivity contribution is 5.60. The first-order valence-electron chi connectivity index (χ1n) is 8.39. The van der Waals surface area contributed by atoms with Crippen LogP contribution < -0.4 is 15.5 Å². The summed E-state index contributed by atoms with van der Waals surface area (Å²) in [5.74, 6) is 3.87. The summed E-state index contributed by atoms with van der Waals surface area (Å²) in [6.45, 7) is 4.70. The predicted molar refractivity (Wildman–Crippen MR) is 99.9 cm³/mol. The average molecular weight is 321 g/mol. The molecule has 24 heavy (non-hydrogen) atoms. The number of aromatic nitrogens is 2. The van der Waals surface area contributed by atoms with Crippen molar-refractivity contribution in [2.45, 2.75) is 26.2 Å². The maximum absolute atomic E-state index is 5.29. The Morgan fingerprint density at radius 2 is 1.92 bits per heavy atom. The maximum Gasteiger partial charge on any atom is 0.229 e. The third kappa shape index (κ3) is 3.96. The number of aryl methyl sites for hydroxylation is 1. The highest BCUT2D eigenvalue weighted by atomic mass is 15.1. The van der Waals surface area contributed by atoms with Gasteiger partial charge in [0.1, 0.15) is 5.82 Å². The molecule has 3 rings (SSSR count). The summed E-state index contributed by atoms with van der Waals surface area (Å²) in [6, 6.07) is 8.45. The summed E-state index contributed by atoms with van der Waals surface area (Å²) >= 11 is 0. The summed E-state index contributed by atoms with van der Waals surface area (Å²) in [4.78, 5) is 11.3. The number of benzene rings is 1. The van der Waals surface area contributed by atoms with Gasteiger partial charge in [0.2, 0.25) is 5.95 Å². The number of rotatable bonds is 5. The van der Waals surface area contributed by atoms with Gasteiger partial charge in [0.25, 0.3) is 0 Å². The second kappa shape index (κ2) is 7.69. The average Bonchev–Trinajstić information content (AvgIpc) is 2.63. The Morgan fingerprint density at radius 3 is 2.62 bits per heavy atom. The fraction of sp³-hybridized carbons (Fsp3) is 0.368. The van der Waals surface area contributed by atoms with Crippen LogP contribution in [0.25, 0.3) is 0 Å². The van der Waals surface area contributed by atoms with E-state index in [1.165, 1.54) is 24.9 Å². The molecule has 2 N–H and O–H groups in total. The summed E-state index contributed by atoms with van der Waals surface area (Å²) in [7, 11) is 0. The van der Waals surface area contributed by atoms with Crippen LogP contribution in [-0.2, 0) is 0 Å². The van der Waals surface area contributed by atoms with Crippen LogP contribution in [-0.4, -0.2) is 29.6 Å². The van der Waals surface area contributed by atoms with Crippen LogP contribution in [0.15, 0.2) is 30.5 Å². The number of nitrogens with zero attached hydrogens (tertiary/aromatic N) is 3. The molecule has 0 radical (unpaired) electrons. The monoisotopic (exact) mass is 321 g/mol. The van der Waals surface area contributed by atoms with Crippen LogP contribution >= 0.6 is 0 Å². The zero-order valence-electron chi connectivity index (χ0n) is 14.0. The van der Waals surface area contributed by atoms with Crippen LogP contribution in [0.5, 0.6) is 0 Å². The van der Waals surface area contributed by atoms with Gasteiger partial charge in [-0.15, -0.1) is 6.42 Å². The third-order valence-corrected chi connectivity index (χ3v) is 4.17. The largest absolute Gasteiger partial charge is 0.372 e. The van der Waals surface area contributed by atoms with Gasteiger partial charge in [-0.05, 0) is 50.5 Å². The number of hydrogen-bond acceptors (Lipinski definition) is 5. The molecule has 1 aliphatic heterocycles. The highest BCUT2D eigenvalue weighted by Crippen LogP contribution is 2.23. The fourth-order valence-corrected chi connectivity index (χ4v) is 2.85. The first kappa shape index (κ1) is 16.1. The minimum atomic E-state index is 0.446. The molecule has 1 aliphatic rings. The molecule has 0 spiro atoms. The van der Waals surface area contributed by atoms with E-state index < -0.39 is 0 Å². The predicted octanol–water partition coefficient (Wildman–Crippen LogP) is 3.56. The van der Waals surface area contributed by atoms with Crippen molar-refractivity contribution >= 4 is 23.1 Å². The molecule has 1 aromatic heterocycles. The van der Waals surface area contributed by atoms with E-state index in [0.717, 1.165) is 30.2 Å². The zero-order valence-corrected chi connectivity index (χ0v) is 14.0. The minimum Gasteiger partial charge on any atom is -0.372 e. The lowest BCUT2D eigenvalue weighted by atomic mass is 10.1. The lowest BCUT2D eigenvalue weighted by Gasteiger charge is -2.28. The molecule has 0 saturated carbocycles. The fourth-order valence-electron chi connectivity index (χ4n) is 2.85. The Labute approximate surface area is 143 Å². The molecular weight excluding hydrogens is 298 g/mol. The van der Waals surface area contributed by atoms with Crippen LogP contribution in [0.2, 0.25) is 0 Å². The van der Waals surface area contributed by atoms with E-state index in [0.29, 0.717) is 12.5 Å². The van der Waals surface area contributed by atoms with Crippen molar-refractivity contribution in [3.8, 4) is 12.3 Å². The Kier molecular flexibility index (Phi) is 5.17. The Morgan fingerprint density at radius 1 is 1.17 bits per heavy atom. The van der Waals surface area contributed by atoms with E-state index in [1.807, 2.05) is 6.92 Å². The summed E-state index contributed by atoms with van der Waals surface area (Å²) in [5.41, 5.74) is 3.22. The van der Waals surface area contributed by atoms with Gasteiger partial charge in [0.05, 0.1) is 6.54 Å². The number of nitrogens with one attached hydrogen (secondary N) is 2. The number of piperidine rings is 1. The smallest absolute Gasteiger partial charge is 0.229 e. The molecule has 5 nitrogen and oxygen atoms in total. The van der Waals surface area contributed by atoms with Crippen LogP contribution in [0.4, 0.5) is 23.1 Å². The molecule has 0 aliphatic carbocycles. The van der Waals surface area contributed by atoms with Gasteiger partial charge < -0.3 is 15.5 Å². The molecule has 0 atom stereocenters. The Bertz CT molecular complexity index is 712. The standard InChI is InChI=1S/C19H23N5/c1-3-11-20-18-15(2)14-21-19(23-18)22-16-7-9-17(10-8-16)24-12-5-4-6-13-24/h1,7-10,14H,4-6,11-13H2,2H3,(H2,20,21,22,23). The van der Waals surface area contributed by atoms with E-state index in [4.69, 9.17) is 6.42 Å². The maximum atomic E-state index is 5.29. The third-order valence-electron chi connectivity index (χ3n) is 4.17. The first-order valence-corrected chi connectivity index (χ1v) is 8.39. The molecule has 1 aromatic carbocycles. The summed E-state index contributed by atoms with van der Waals surface area (Å²) in [6.07, 6.45) is 11.0. The molecule has 124 valence electrons. The molecule has 0 bridgehead atoms. The lowest BCUT2D eigenvalue weighted by Crippen LogP contribution is -2.29. The van der Waals surface area contributed by atoms with Gasteiger partial charge in [0, 0.05) is 36.2 Å². The van der Waals surface area contributed by atoms with Crippen LogP contribution in [0.1, 0.15) is 24.8 Å². The van der Waals surface area contributed by atoms with Gasteiger partial charge in [-0.3, -0.25) is 0 Å². The van der Waals surface area contributed by atoms with Gasteiger partial charge in [0.15, 0.2) is 0 Å². The molecule has 1 fully saturated rings. The van der Waals surface area contributed by atoms with Crippen molar-refractivity contribution in [3.05, 3.63) is 36.0 Å². The SMILES string of the molecule is C#CCNc1nc(Nc2ccc(N3CCCCC3)cc2)ncc1C. The van der Waals surface area contributed by atoms with E-state index in [2.05, 4.69) is 55.7 Å². The molecule has 2 aromatic rings. The van der Waals surface area contributed by atoms with Crippen molar-refractivity contribution in [2.75, 3.05) is 35.2 Å². The zero-order chi connectivity index (χ0) is 16.8. The van der Waals surface area contributed by atoms with Gasteiger partial charge in [-0.1, -0.05) is 5.92 Å². The minimum absolute atomic E-state index is 0.446. The second-order valence-corrected chi connectivity index (χ2v) is 6.00. The summed E-state index contributed by atoms with van der Waals surface area (Å²) in [5, 5.41) is 6.35. The van der Waals surface area contributed by atoms with E-state index >= 15 is 0 Å². The summed E-state index contributed by atoms with van der Waals surface area (Å²) < 4.78 is 0. The van der Waals surface area contributed by atoms with Crippen molar-refractivity contribution < 1.29 is 0 Å². The van der Waals surface area contributed by atoms with E-state index in [-0.39, 0.29) is 0 Å². The normalized spacial score (nSPS) is 14.1. The second-order valence-electron chi connectivity index (χ2n) is 6.00. The number of terminal acetylenes is 1. The number of hydrogen-bond donors (Lipinski definition) is 2. The molecule has 2 heterocycles. The van der Waals surface area contributed by atoms with Crippen LogP contribution in [0.3, 0.4) is 0 Å². The molecule has 0 unspecified atom stereocenters. The molecular formula is C19H23N5. The number of anilines is 4. The van der Waals surface area contributed by atoms with Crippen molar-refractivity contribution in [2.24, 2.45) is 0 Å². The van der Waals surface area contributed by atoms with Crippen molar-refractivity contribution in [1.82, 2.24) is 9.97 Å². The lowest BCUT2D eigenvalue weighted by molar-refractivity contribution is 0.578. The quantitative estimate of drug-likeness (QED) is 0.825. The van der Waals surface area contributed by atoms with E-state index in [9.17, 15) is 0 Å². The molecule has 1 saturated heterocycles. The van der Waals surface area contributed by atoms with Gasteiger partial charge in [-0.2, -0.15) is 4.98 Å². The van der Waals surface area contributed by atoms with Gasteiger partial charge >= 0.3 is 0 Å². The molecule has 5 heteroatoms. The van der Waals surface area contributed by atoms with E-state index in [1.54, 1.807) is 6.20 Å².